The average Bonchev–Trinajstić information content (AvgIpc) is 3.38. The Morgan fingerprint density at radius 3 is 2.77 bits per heavy atom. The zero-order valence-corrected chi connectivity index (χ0v) is 17.6. The summed E-state index contributed by atoms with van der Waals surface area (Å²) < 4.78 is 10.9. The first-order valence-corrected chi connectivity index (χ1v) is 10.6. The molecule has 7 nitrogen and oxygen atoms in total. The highest BCUT2D eigenvalue weighted by atomic mass is 32.2. The number of nitrogens with zero attached hydrogens (tertiary/aromatic N) is 1. The smallest absolute Gasteiger partial charge is 0.294 e. The van der Waals surface area contributed by atoms with Gasteiger partial charge in [0.05, 0.1) is 24.3 Å². The van der Waals surface area contributed by atoms with Gasteiger partial charge in [-0.3, -0.25) is 19.3 Å². The summed E-state index contributed by atoms with van der Waals surface area (Å²) in [4.78, 5) is 38.7. The lowest BCUT2D eigenvalue weighted by molar-refractivity contribution is -0.129. The normalized spacial score (nSPS) is 15.1. The van der Waals surface area contributed by atoms with Crippen molar-refractivity contribution in [2.75, 3.05) is 13.2 Å². The molecular formula is C23H20N2O5S. The van der Waals surface area contributed by atoms with E-state index in [1.807, 2.05) is 43.3 Å². The van der Waals surface area contributed by atoms with Gasteiger partial charge in [0.1, 0.15) is 18.1 Å². The molecule has 8 heteroatoms. The van der Waals surface area contributed by atoms with Crippen LogP contribution in [0.4, 0.5) is 4.79 Å². The fraction of sp³-hybridized carbons (Fsp3) is 0.174. The Labute approximate surface area is 183 Å². The molecule has 1 fully saturated rings. The Kier molecular flexibility index (Phi) is 6.08. The van der Waals surface area contributed by atoms with Crippen LogP contribution in [0.1, 0.15) is 18.2 Å². The number of carbonyl (C=O) groups excluding carboxylic acids is 3. The highest BCUT2D eigenvalue weighted by Gasteiger charge is 2.36. The number of amides is 3. The second-order valence-electron chi connectivity index (χ2n) is 6.76. The van der Waals surface area contributed by atoms with E-state index in [0.29, 0.717) is 18.1 Å². The first kappa shape index (κ1) is 20.7. The Morgan fingerprint density at radius 2 is 2.00 bits per heavy atom. The molecule has 1 saturated heterocycles. The maximum atomic E-state index is 12.9. The molecule has 2 heterocycles. The number of thioether (sulfide) groups is 1. The number of hydrogen-bond donors (Lipinski definition) is 1. The van der Waals surface area contributed by atoms with E-state index < -0.39 is 17.1 Å². The molecule has 0 radical (unpaired) electrons. The topological polar surface area (TPSA) is 88.8 Å². The maximum absolute atomic E-state index is 12.9. The van der Waals surface area contributed by atoms with Gasteiger partial charge in [0.2, 0.25) is 5.91 Å². The Hall–Kier alpha value is -3.52. The lowest BCUT2D eigenvalue weighted by Crippen LogP contribution is -2.39. The zero-order valence-electron chi connectivity index (χ0n) is 16.8. The predicted octanol–water partition coefficient (Wildman–Crippen LogP) is 4.18. The second kappa shape index (κ2) is 9.09. The average molecular weight is 436 g/mol. The van der Waals surface area contributed by atoms with Gasteiger partial charge in [0.15, 0.2) is 0 Å². The van der Waals surface area contributed by atoms with Crippen LogP contribution in [-0.2, 0) is 16.1 Å². The van der Waals surface area contributed by atoms with E-state index in [2.05, 4.69) is 5.32 Å². The molecule has 0 unspecified atom stereocenters. The quantitative estimate of drug-likeness (QED) is 0.559. The second-order valence-corrected chi connectivity index (χ2v) is 7.75. The summed E-state index contributed by atoms with van der Waals surface area (Å²) in [5.41, 5.74) is 0.729. The van der Waals surface area contributed by atoms with Crippen molar-refractivity contribution in [3.05, 3.63) is 71.0 Å². The Balaban J connectivity index is 1.56. The van der Waals surface area contributed by atoms with Crippen LogP contribution in [0.25, 0.3) is 16.8 Å². The number of benzene rings is 2. The molecule has 0 spiro atoms. The summed E-state index contributed by atoms with van der Waals surface area (Å²) in [5.74, 6) is 0.268. The van der Waals surface area contributed by atoms with Crippen molar-refractivity contribution in [1.29, 1.82) is 0 Å². The largest absolute Gasteiger partial charge is 0.493 e. The van der Waals surface area contributed by atoms with Crippen LogP contribution in [0, 0.1) is 0 Å². The Morgan fingerprint density at radius 1 is 1.16 bits per heavy atom. The molecule has 0 saturated carbocycles. The molecule has 1 aromatic heterocycles. The van der Waals surface area contributed by atoms with Crippen LogP contribution < -0.4 is 10.1 Å². The summed E-state index contributed by atoms with van der Waals surface area (Å²) in [6.07, 6.45) is 3.17. The van der Waals surface area contributed by atoms with Crippen LogP contribution in [0.15, 0.2) is 64.1 Å². The van der Waals surface area contributed by atoms with Crippen molar-refractivity contribution in [1.82, 2.24) is 10.2 Å². The minimum atomic E-state index is -0.501. The number of imide groups is 1. The zero-order chi connectivity index (χ0) is 21.8. The summed E-state index contributed by atoms with van der Waals surface area (Å²) in [6.45, 7) is 2.19. The molecule has 0 atom stereocenters. The molecular weight excluding hydrogens is 416 g/mol. The van der Waals surface area contributed by atoms with Crippen LogP contribution in [-0.4, -0.2) is 35.1 Å². The third-order valence-corrected chi connectivity index (χ3v) is 5.63. The molecule has 31 heavy (non-hydrogen) atoms. The molecule has 1 aliphatic rings. The van der Waals surface area contributed by atoms with Gasteiger partial charge in [-0.25, -0.2) is 0 Å². The van der Waals surface area contributed by atoms with Gasteiger partial charge < -0.3 is 14.5 Å². The first-order chi connectivity index (χ1) is 15.1. The van der Waals surface area contributed by atoms with Crippen LogP contribution in [0.2, 0.25) is 0 Å². The third-order valence-electron chi connectivity index (χ3n) is 4.72. The molecule has 3 amide bonds. The molecule has 2 aromatic carbocycles. The lowest BCUT2D eigenvalue weighted by atomic mass is 10.0. The number of furan rings is 1. The number of rotatable bonds is 7. The van der Waals surface area contributed by atoms with Gasteiger partial charge in [-0.1, -0.05) is 30.3 Å². The van der Waals surface area contributed by atoms with Gasteiger partial charge in [0, 0.05) is 5.56 Å². The van der Waals surface area contributed by atoms with Crippen molar-refractivity contribution < 1.29 is 23.5 Å². The molecule has 1 aliphatic heterocycles. The summed E-state index contributed by atoms with van der Waals surface area (Å²) in [7, 11) is 0. The molecule has 0 bridgehead atoms. The van der Waals surface area contributed by atoms with Crippen LogP contribution in [0.3, 0.4) is 0 Å². The first-order valence-electron chi connectivity index (χ1n) is 9.76. The van der Waals surface area contributed by atoms with E-state index in [0.717, 1.165) is 33.0 Å². The molecule has 4 rings (SSSR count). The summed E-state index contributed by atoms with van der Waals surface area (Å²) >= 11 is 0.814. The van der Waals surface area contributed by atoms with Crippen molar-refractivity contribution in [2.45, 2.75) is 13.5 Å². The Bertz CT molecular complexity index is 1170. The molecule has 3 aromatic rings. The number of hydrogen-bond acceptors (Lipinski definition) is 6. The van der Waals surface area contributed by atoms with E-state index in [9.17, 15) is 14.4 Å². The number of fused-ring (bicyclic) bond motifs is 1. The number of ether oxygens (including phenoxy) is 1. The maximum Gasteiger partial charge on any atom is 0.294 e. The fourth-order valence-electron chi connectivity index (χ4n) is 3.27. The highest BCUT2D eigenvalue weighted by Crippen LogP contribution is 2.36. The van der Waals surface area contributed by atoms with Crippen LogP contribution >= 0.6 is 11.8 Å². The summed E-state index contributed by atoms with van der Waals surface area (Å²) in [5, 5.41) is 4.06. The van der Waals surface area contributed by atoms with E-state index >= 15 is 0 Å². The van der Waals surface area contributed by atoms with Crippen LogP contribution in [0.5, 0.6) is 5.75 Å². The van der Waals surface area contributed by atoms with E-state index in [-0.39, 0.29) is 18.0 Å². The van der Waals surface area contributed by atoms with Gasteiger partial charge in [-0.05, 0) is 53.7 Å². The highest BCUT2D eigenvalue weighted by molar-refractivity contribution is 8.18. The van der Waals surface area contributed by atoms with E-state index in [4.69, 9.17) is 9.15 Å². The SMILES string of the molecule is CCOc1ccc2ccccc2c1/C=C1\SC(=O)N(CC(=O)NCc2ccco2)C1=O. The van der Waals surface area contributed by atoms with Crippen molar-refractivity contribution in [3.8, 4) is 5.75 Å². The predicted molar refractivity (Wildman–Crippen MR) is 118 cm³/mol. The molecule has 1 N–H and O–H groups in total. The minimum absolute atomic E-state index is 0.186. The monoisotopic (exact) mass is 436 g/mol. The standard InChI is InChI=1S/C23H20N2O5S/c1-2-29-19-10-9-15-6-3-4-8-17(15)18(19)12-20-22(27)25(23(28)31-20)14-21(26)24-13-16-7-5-11-30-16/h3-12H,2,13-14H2,1H3,(H,24,26)/b20-12-. The van der Waals surface area contributed by atoms with E-state index in [1.54, 1.807) is 18.2 Å². The number of nitrogens with one attached hydrogen (secondary N) is 1. The number of carbonyl (C=O) groups is 3. The van der Waals surface area contributed by atoms with Gasteiger partial charge in [0.25, 0.3) is 11.1 Å². The van der Waals surface area contributed by atoms with Crippen molar-refractivity contribution in [3.63, 3.8) is 0 Å². The molecule has 158 valence electrons. The van der Waals surface area contributed by atoms with E-state index in [1.165, 1.54) is 6.26 Å². The minimum Gasteiger partial charge on any atom is -0.493 e. The third kappa shape index (κ3) is 4.49. The van der Waals surface area contributed by atoms with Gasteiger partial charge in [-0.15, -0.1) is 0 Å². The van der Waals surface area contributed by atoms with Crippen molar-refractivity contribution in [2.24, 2.45) is 0 Å². The summed E-state index contributed by atoms with van der Waals surface area (Å²) in [6, 6.07) is 15.0. The lowest BCUT2D eigenvalue weighted by Gasteiger charge is -2.12. The molecule has 0 aliphatic carbocycles. The van der Waals surface area contributed by atoms with Gasteiger partial charge in [-0.2, -0.15) is 0 Å². The van der Waals surface area contributed by atoms with Gasteiger partial charge >= 0.3 is 0 Å². The van der Waals surface area contributed by atoms with Crippen molar-refractivity contribution >= 4 is 45.7 Å². The fourth-order valence-corrected chi connectivity index (χ4v) is 4.09.